The first-order valence-electron chi connectivity index (χ1n) is 2.94. The molecule has 0 amide bonds. The monoisotopic (exact) mass is 127 g/mol. The van der Waals surface area contributed by atoms with Gasteiger partial charge in [0.05, 0.1) is 11.9 Å². The molecule has 0 aromatic rings. The molecule has 3 heteroatoms. The molecular formula is C6H13N3. The van der Waals surface area contributed by atoms with Crippen LogP contribution in [0, 0.1) is 0 Å². The number of hydrogen-bond donors (Lipinski definition) is 1. The predicted octanol–water partition coefficient (Wildman–Crippen LogP) is 0.800. The van der Waals surface area contributed by atoms with E-state index in [-0.39, 0.29) is 0 Å². The average molecular weight is 127 g/mol. The van der Waals surface area contributed by atoms with E-state index in [0.717, 1.165) is 5.71 Å². The second-order valence-electron chi connectivity index (χ2n) is 2.14. The van der Waals surface area contributed by atoms with Gasteiger partial charge in [0.1, 0.15) is 0 Å². The van der Waals surface area contributed by atoms with E-state index in [2.05, 4.69) is 10.1 Å². The van der Waals surface area contributed by atoms with Crippen molar-refractivity contribution < 1.29 is 0 Å². The normalized spacial score (nSPS) is 13.6. The third-order valence-electron chi connectivity index (χ3n) is 0.723. The van der Waals surface area contributed by atoms with Crippen molar-refractivity contribution in [3.63, 3.8) is 0 Å². The highest BCUT2D eigenvalue weighted by Gasteiger charge is 1.86. The summed E-state index contributed by atoms with van der Waals surface area (Å²) in [7, 11) is 0. The molecule has 0 saturated carbocycles. The molecule has 0 aliphatic carbocycles. The lowest BCUT2D eigenvalue weighted by Crippen LogP contribution is -2.00. The van der Waals surface area contributed by atoms with E-state index in [9.17, 15) is 0 Å². The molecule has 0 aliphatic heterocycles. The van der Waals surface area contributed by atoms with Crippen LogP contribution in [0.15, 0.2) is 10.1 Å². The molecular weight excluding hydrogens is 114 g/mol. The Morgan fingerprint density at radius 2 is 2.11 bits per heavy atom. The van der Waals surface area contributed by atoms with E-state index in [4.69, 9.17) is 5.84 Å². The molecule has 0 saturated heterocycles. The van der Waals surface area contributed by atoms with Crippen molar-refractivity contribution in [2.45, 2.75) is 26.8 Å². The number of aliphatic imine (C=N–C) groups is 1. The van der Waals surface area contributed by atoms with Crippen LogP contribution in [0.25, 0.3) is 0 Å². The molecule has 0 aliphatic rings. The van der Waals surface area contributed by atoms with Crippen LogP contribution in [-0.2, 0) is 0 Å². The van der Waals surface area contributed by atoms with Crippen molar-refractivity contribution in [3.05, 3.63) is 0 Å². The standard InChI is InChI=1S/C6H13N3/c1-5(2)9-6(3)4-8-7/h4-5H,7H2,1-3H3. The Labute approximate surface area is 55.7 Å². The summed E-state index contributed by atoms with van der Waals surface area (Å²) in [6, 6.07) is 0.322. The van der Waals surface area contributed by atoms with Crippen molar-refractivity contribution in [3.8, 4) is 0 Å². The second-order valence-corrected chi connectivity index (χ2v) is 2.14. The van der Waals surface area contributed by atoms with Crippen LogP contribution in [-0.4, -0.2) is 18.0 Å². The number of hydrazone groups is 1. The smallest absolute Gasteiger partial charge is 0.0673 e. The Morgan fingerprint density at radius 3 is 2.44 bits per heavy atom. The minimum Gasteiger partial charge on any atom is -0.323 e. The SMILES string of the molecule is CC(C=NN)=NC(C)C. The minimum atomic E-state index is 0.322. The van der Waals surface area contributed by atoms with E-state index in [1.54, 1.807) is 6.21 Å². The van der Waals surface area contributed by atoms with Crippen LogP contribution in [0.2, 0.25) is 0 Å². The van der Waals surface area contributed by atoms with Crippen LogP contribution >= 0.6 is 0 Å². The molecule has 0 aromatic heterocycles. The lowest BCUT2D eigenvalue weighted by molar-refractivity contribution is 0.838. The summed E-state index contributed by atoms with van der Waals surface area (Å²) in [4.78, 5) is 4.15. The van der Waals surface area contributed by atoms with Crippen molar-refractivity contribution in [2.24, 2.45) is 15.9 Å². The van der Waals surface area contributed by atoms with Gasteiger partial charge < -0.3 is 5.84 Å². The molecule has 0 atom stereocenters. The zero-order valence-corrected chi connectivity index (χ0v) is 6.13. The maximum Gasteiger partial charge on any atom is 0.0673 e. The van der Waals surface area contributed by atoms with Gasteiger partial charge in [-0.25, -0.2) is 0 Å². The molecule has 0 heterocycles. The summed E-state index contributed by atoms with van der Waals surface area (Å²) >= 11 is 0. The molecule has 0 unspecified atom stereocenters. The van der Waals surface area contributed by atoms with Crippen molar-refractivity contribution in [1.29, 1.82) is 0 Å². The first-order chi connectivity index (χ1) is 4.16. The molecule has 2 N–H and O–H groups in total. The summed E-state index contributed by atoms with van der Waals surface area (Å²) in [6.07, 6.45) is 1.54. The molecule has 0 fully saturated rings. The van der Waals surface area contributed by atoms with Gasteiger partial charge in [-0.05, 0) is 20.8 Å². The number of rotatable bonds is 2. The van der Waals surface area contributed by atoms with Gasteiger partial charge in [-0.3, -0.25) is 4.99 Å². The van der Waals surface area contributed by atoms with Crippen molar-refractivity contribution >= 4 is 11.9 Å². The fourth-order valence-corrected chi connectivity index (χ4v) is 0.548. The van der Waals surface area contributed by atoms with Gasteiger partial charge in [0.2, 0.25) is 0 Å². The van der Waals surface area contributed by atoms with E-state index in [1.807, 2.05) is 20.8 Å². The summed E-state index contributed by atoms with van der Waals surface area (Å²) in [5.74, 6) is 4.89. The maximum atomic E-state index is 4.89. The number of nitrogens with zero attached hydrogens (tertiary/aromatic N) is 2. The van der Waals surface area contributed by atoms with Crippen LogP contribution in [0.4, 0.5) is 0 Å². The van der Waals surface area contributed by atoms with Crippen molar-refractivity contribution in [2.75, 3.05) is 0 Å². The van der Waals surface area contributed by atoms with Gasteiger partial charge in [-0.15, -0.1) is 0 Å². The van der Waals surface area contributed by atoms with Crippen molar-refractivity contribution in [1.82, 2.24) is 0 Å². The van der Waals surface area contributed by atoms with Gasteiger partial charge in [-0.2, -0.15) is 5.10 Å². The number of nitrogens with two attached hydrogens (primary N) is 1. The fourth-order valence-electron chi connectivity index (χ4n) is 0.548. The minimum absolute atomic E-state index is 0.322. The van der Waals surface area contributed by atoms with Gasteiger partial charge in [0, 0.05) is 6.04 Å². The van der Waals surface area contributed by atoms with Crippen LogP contribution in [0.1, 0.15) is 20.8 Å². The molecule has 3 nitrogen and oxygen atoms in total. The fraction of sp³-hybridized carbons (Fsp3) is 0.667. The van der Waals surface area contributed by atoms with Crippen LogP contribution < -0.4 is 5.84 Å². The quantitative estimate of drug-likeness (QED) is 0.333. The van der Waals surface area contributed by atoms with Crippen LogP contribution in [0.3, 0.4) is 0 Å². The first kappa shape index (κ1) is 8.14. The first-order valence-corrected chi connectivity index (χ1v) is 2.94. The van der Waals surface area contributed by atoms with Gasteiger partial charge >= 0.3 is 0 Å². The highest BCUT2D eigenvalue weighted by atomic mass is 15.1. The third kappa shape index (κ3) is 5.00. The van der Waals surface area contributed by atoms with Crippen LogP contribution in [0.5, 0.6) is 0 Å². The molecule has 0 radical (unpaired) electrons. The second kappa shape index (κ2) is 4.06. The zero-order chi connectivity index (χ0) is 7.28. The van der Waals surface area contributed by atoms with E-state index in [1.165, 1.54) is 0 Å². The summed E-state index contributed by atoms with van der Waals surface area (Å²) in [6.45, 7) is 5.89. The predicted molar refractivity (Wildman–Crippen MR) is 40.9 cm³/mol. The topological polar surface area (TPSA) is 50.7 Å². The van der Waals surface area contributed by atoms with E-state index >= 15 is 0 Å². The summed E-state index contributed by atoms with van der Waals surface area (Å²) in [5, 5.41) is 3.33. The molecule has 9 heavy (non-hydrogen) atoms. The number of hydrogen-bond acceptors (Lipinski definition) is 3. The molecule has 0 aromatic carbocycles. The molecule has 0 bridgehead atoms. The Hall–Kier alpha value is -0.860. The molecule has 52 valence electrons. The Bertz CT molecular complexity index is 124. The summed E-state index contributed by atoms with van der Waals surface area (Å²) in [5.41, 5.74) is 0.868. The van der Waals surface area contributed by atoms with E-state index in [0.29, 0.717) is 6.04 Å². The molecule has 0 spiro atoms. The highest BCUT2D eigenvalue weighted by Crippen LogP contribution is 1.85. The summed E-state index contributed by atoms with van der Waals surface area (Å²) < 4.78 is 0. The highest BCUT2D eigenvalue weighted by molar-refractivity contribution is 6.29. The molecule has 0 rings (SSSR count). The zero-order valence-electron chi connectivity index (χ0n) is 6.13. The largest absolute Gasteiger partial charge is 0.323 e. The van der Waals surface area contributed by atoms with Gasteiger partial charge in [0.25, 0.3) is 0 Å². The maximum absolute atomic E-state index is 4.89. The Morgan fingerprint density at radius 1 is 1.56 bits per heavy atom. The Balaban J connectivity index is 3.84. The van der Waals surface area contributed by atoms with Gasteiger partial charge in [0.15, 0.2) is 0 Å². The lowest BCUT2D eigenvalue weighted by atomic mass is 10.4. The Kier molecular flexibility index (Phi) is 3.67. The third-order valence-corrected chi connectivity index (χ3v) is 0.723. The average Bonchev–Trinajstić information content (AvgIpc) is 1.63. The lowest BCUT2D eigenvalue weighted by Gasteiger charge is -1.94. The van der Waals surface area contributed by atoms with E-state index < -0.39 is 0 Å². The van der Waals surface area contributed by atoms with Gasteiger partial charge in [-0.1, -0.05) is 0 Å².